The number of likely N-dealkylation sites (tertiary alicyclic amines) is 1. The molecular weight excluding hydrogens is 370 g/mol. The molecule has 2 aliphatic heterocycles. The summed E-state index contributed by atoms with van der Waals surface area (Å²) in [5, 5.41) is 12.4. The number of urea groups is 1. The molecule has 2 aromatic rings. The maximum absolute atomic E-state index is 12.5. The Labute approximate surface area is 169 Å². The number of rotatable bonds is 6. The van der Waals surface area contributed by atoms with Gasteiger partial charge in [-0.1, -0.05) is 30.3 Å². The molecule has 0 spiro atoms. The van der Waals surface area contributed by atoms with E-state index in [4.69, 9.17) is 0 Å². The second-order valence-electron chi connectivity index (χ2n) is 7.69. The van der Waals surface area contributed by atoms with Crippen LogP contribution < -0.4 is 10.6 Å². The molecule has 0 radical (unpaired) electrons. The molecule has 29 heavy (non-hydrogen) atoms. The third-order valence-corrected chi connectivity index (χ3v) is 5.66. The van der Waals surface area contributed by atoms with Crippen LogP contribution in [0.4, 0.5) is 4.79 Å². The number of benzene rings is 1. The van der Waals surface area contributed by atoms with Gasteiger partial charge in [0.1, 0.15) is 6.04 Å². The van der Waals surface area contributed by atoms with Gasteiger partial charge in [0.25, 0.3) is 5.91 Å². The summed E-state index contributed by atoms with van der Waals surface area (Å²) in [7, 11) is 0. The Morgan fingerprint density at radius 2 is 1.90 bits per heavy atom. The number of H-pyrrole nitrogens is 1. The number of hydrogen-bond acceptors (Lipinski definition) is 4. The molecule has 1 aromatic carbocycles. The lowest BCUT2D eigenvalue weighted by Gasteiger charge is -2.31. The lowest BCUT2D eigenvalue weighted by atomic mass is 9.93. The zero-order valence-corrected chi connectivity index (χ0v) is 16.2. The van der Waals surface area contributed by atoms with Gasteiger partial charge >= 0.3 is 6.03 Å². The van der Waals surface area contributed by atoms with Crippen LogP contribution in [0.25, 0.3) is 0 Å². The highest BCUT2D eigenvalue weighted by Gasteiger charge is 2.31. The lowest BCUT2D eigenvalue weighted by Crippen LogP contribution is -2.39. The molecule has 0 bridgehead atoms. The van der Waals surface area contributed by atoms with Crippen LogP contribution in [0.5, 0.6) is 0 Å². The highest BCUT2D eigenvalue weighted by atomic mass is 16.2. The summed E-state index contributed by atoms with van der Waals surface area (Å²) in [5.41, 5.74) is 3.41. The molecule has 2 aliphatic rings. The Morgan fingerprint density at radius 3 is 2.59 bits per heavy atom. The van der Waals surface area contributed by atoms with Crippen LogP contribution in [0.2, 0.25) is 0 Å². The van der Waals surface area contributed by atoms with Crippen LogP contribution in [0.15, 0.2) is 36.4 Å². The Hall–Kier alpha value is -3.16. The first kappa shape index (κ1) is 19.2. The van der Waals surface area contributed by atoms with Gasteiger partial charge < -0.3 is 10.2 Å². The van der Waals surface area contributed by atoms with Gasteiger partial charge in [0.15, 0.2) is 0 Å². The minimum atomic E-state index is -0.601. The smallest absolute Gasteiger partial charge is 0.322 e. The highest BCUT2D eigenvalue weighted by Crippen LogP contribution is 2.28. The van der Waals surface area contributed by atoms with Crippen molar-refractivity contribution in [2.45, 2.75) is 44.1 Å². The SMILES string of the molecule is O=C1NC(=O)[C@H](CCC(=O)N2CCC(c3cc(Cc4ccccc4)[nH]n3)CC2)N1. The van der Waals surface area contributed by atoms with Crippen molar-refractivity contribution in [3.8, 4) is 0 Å². The van der Waals surface area contributed by atoms with E-state index >= 15 is 0 Å². The number of carbonyl (C=O) groups is 3. The molecule has 2 fully saturated rings. The first-order valence-corrected chi connectivity index (χ1v) is 10.1. The molecule has 8 nitrogen and oxygen atoms in total. The fourth-order valence-corrected chi connectivity index (χ4v) is 4.01. The summed E-state index contributed by atoms with van der Waals surface area (Å²) < 4.78 is 0. The predicted octanol–water partition coefficient (Wildman–Crippen LogP) is 1.69. The normalized spacial score (nSPS) is 19.9. The minimum absolute atomic E-state index is 0.0317. The summed E-state index contributed by atoms with van der Waals surface area (Å²) in [6, 6.07) is 11.3. The van der Waals surface area contributed by atoms with E-state index in [0.717, 1.165) is 30.7 Å². The topological polar surface area (TPSA) is 107 Å². The molecule has 1 atom stereocenters. The maximum Gasteiger partial charge on any atom is 0.322 e. The molecule has 1 aromatic heterocycles. The number of nitrogens with one attached hydrogen (secondary N) is 3. The number of aromatic nitrogens is 2. The Morgan fingerprint density at radius 1 is 1.14 bits per heavy atom. The van der Waals surface area contributed by atoms with Crippen LogP contribution in [0, 0.1) is 0 Å². The molecule has 3 N–H and O–H groups in total. The monoisotopic (exact) mass is 395 g/mol. The zero-order chi connectivity index (χ0) is 20.2. The molecular formula is C21H25N5O3. The van der Waals surface area contributed by atoms with E-state index in [9.17, 15) is 14.4 Å². The molecule has 0 saturated carbocycles. The van der Waals surface area contributed by atoms with E-state index in [0.29, 0.717) is 25.4 Å². The van der Waals surface area contributed by atoms with Gasteiger partial charge in [0.05, 0.1) is 5.69 Å². The Balaban J connectivity index is 1.24. The highest BCUT2D eigenvalue weighted by molar-refractivity contribution is 6.04. The zero-order valence-electron chi connectivity index (χ0n) is 16.2. The Bertz CT molecular complexity index is 887. The predicted molar refractivity (Wildman–Crippen MR) is 106 cm³/mol. The van der Waals surface area contributed by atoms with E-state index in [1.54, 1.807) is 0 Å². The van der Waals surface area contributed by atoms with Crippen molar-refractivity contribution < 1.29 is 14.4 Å². The number of amides is 4. The van der Waals surface area contributed by atoms with Crippen LogP contribution in [0.3, 0.4) is 0 Å². The standard InChI is InChI=1S/C21H25N5O3/c27-19(7-6-17-20(28)23-21(29)22-17)26-10-8-15(9-11-26)18-13-16(24-25-18)12-14-4-2-1-3-5-14/h1-5,13,15,17H,6-12H2,(H,24,25)(H2,22,23,28,29)/t17-/m0/s1. The van der Waals surface area contributed by atoms with Crippen molar-refractivity contribution in [3.05, 3.63) is 53.3 Å². The molecule has 152 valence electrons. The molecule has 8 heteroatoms. The number of carbonyl (C=O) groups excluding carboxylic acids is 3. The van der Waals surface area contributed by atoms with Crippen molar-refractivity contribution in [1.29, 1.82) is 0 Å². The number of nitrogens with zero attached hydrogens (tertiary/aromatic N) is 2. The summed E-state index contributed by atoms with van der Waals surface area (Å²) in [5.74, 6) is 0.0234. The van der Waals surface area contributed by atoms with E-state index in [-0.39, 0.29) is 18.2 Å². The summed E-state index contributed by atoms with van der Waals surface area (Å²) in [6.45, 7) is 1.38. The number of piperidine rings is 1. The van der Waals surface area contributed by atoms with Crippen LogP contribution >= 0.6 is 0 Å². The van der Waals surface area contributed by atoms with E-state index in [2.05, 4.69) is 39.0 Å². The largest absolute Gasteiger partial charge is 0.343 e. The third-order valence-electron chi connectivity index (χ3n) is 5.66. The van der Waals surface area contributed by atoms with Crippen LogP contribution in [-0.2, 0) is 16.0 Å². The van der Waals surface area contributed by atoms with Crippen LogP contribution in [0.1, 0.15) is 48.6 Å². The number of aromatic amines is 1. The molecule has 3 heterocycles. The van der Waals surface area contributed by atoms with Gasteiger partial charge in [-0.05, 0) is 30.9 Å². The van der Waals surface area contributed by atoms with Gasteiger partial charge in [0, 0.05) is 37.5 Å². The van der Waals surface area contributed by atoms with Gasteiger partial charge in [-0.3, -0.25) is 20.0 Å². The third kappa shape index (κ3) is 4.64. The van der Waals surface area contributed by atoms with E-state index in [1.165, 1.54) is 5.56 Å². The molecule has 4 amide bonds. The maximum atomic E-state index is 12.5. The lowest BCUT2D eigenvalue weighted by molar-refractivity contribution is -0.132. The molecule has 0 aliphatic carbocycles. The average molecular weight is 395 g/mol. The van der Waals surface area contributed by atoms with Crippen molar-refractivity contribution >= 4 is 17.8 Å². The second kappa shape index (κ2) is 8.46. The molecule has 4 rings (SSSR count). The summed E-state index contributed by atoms with van der Waals surface area (Å²) >= 11 is 0. The van der Waals surface area contributed by atoms with E-state index in [1.807, 2.05) is 23.1 Å². The van der Waals surface area contributed by atoms with Crippen molar-refractivity contribution in [2.75, 3.05) is 13.1 Å². The quantitative estimate of drug-likeness (QED) is 0.647. The first-order chi connectivity index (χ1) is 14.1. The Kier molecular flexibility index (Phi) is 5.59. The van der Waals surface area contributed by atoms with Gasteiger partial charge in [-0.25, -0.2) is 4.79 Å². The first-order valence-electron chi connectivity index (χ1n) is 10.1. The van der Waals surface area contributed by atoms with Crippen molar-refractivity contribution in [1.82, 2.24) is 25.7 Å². The van der Waals surface area contributed by atoms with Gasteiger partial charge in [-0.15, -0.1) is 0 Å². The van der Waals surface area contributed by atoms with Gasteiger partial charge in [0.2, 0.25) is 5.91 Å². The summed E-state index contributed by atoms with van der Waals surface area (Å²) in [4.78, 5) is 37.0. The van der Waals surface area contributed by atoms with Gasteiger partial charge in [-0.2, -0.15) is 5.10 Å². The van der Waals surface area contributed by atoms with Crippen LogP contribution in [-0.4, -0.2) is 52.1 Å². The summed E-state index contributed by atoms with van der Waals surface area (Å²) in [6.07, 6.45) is 3.17. The van der Waals surface area contributed by atoms with Crippen molar-refractivity contribution in [2.24, 2.45) is 0 Å². The number of imide groups is 1. The second-order valence-corrected chi connectivity index (χ2v) is 7.69. The average Bonchev–Trinajstić information content (AvgIpc) is 3.32. The number of hydrogen-bond donors (Lipinski definition) is 3. The fraction of sp³-hybridized carbons (Fsp3) is 0.429. The molecule has 2 saturated heterocycles. The minimum Gasteiger partial charge on any atom is -0.343 e. The fourth-order valence-electron chi connectivity index (χ4n) is 4.01. The van der Waals surface area contributed by atoms with Crippen molar-refractivity contribution in [3.63, 3.8) is 0 Å². The van der Waals surface area contributed by atoms with E-state index < -0.39 is 12.1 Å². The molecule has 0 unspecified atom stereocenters.